The number of aromatic amines is 1. The van der Waals surface area contributed by atoms with Crippen LogP contribution in [0.3, 0.4) is 0 Å². The van der Waals surface area contributed by atoms with Crippen molar-refractivity contribution < 1.29 is 9.64 Å². The number of nitrogens with one attached hydrogen (secondary N) is 2. The highest BCUT2D eigenvalue weighted by atomic mass is 16.5. The van der Waals surface area contributed by atoms with Crippen LogP contribution in [0.5, 0.6) is 5.75 Å². The molecule has 1 aliphatic rings. The number of methoxy groups -OCH3 is 1. The maximum absolute atomic E-state index is 12.6. The molecule has 4 rings (SSSR count). The molecule has 0 aliphatic carbocycles. The minimum absolute atomic E-state index is 0.392. The quantitative estimate of drug-likeness (QED) is 0.575. The number of benzene rings is 1. The number of hydrogen-bond donors (Lipinski definition) is 2. The summed E-state index contributed by atoms with van der Waals surface area (Å²) < 4.78 is 8.59. The number of aromatic nitrogens is 4. The van der Waals surface area contributed by atoms with Gasteiger partial charge in [0.25, 0.3) is 5.56 Å². The molecule has 0 atom stereocenters. The highest BCUT2D eigenvalue weighted by Crippen LogP contribution is 2.21. The van der Waals surface area contributed by atoms with E-state index in [1.807, 2.05) is 28.8 Å². The van der Waals surface area contributed by atoms with E-state index in [1.54, 1.807) is 14.2 Å². The summed E-state index contributed by atoms with van der Waals surface area (Å²) >= 11 is 0. The van der Waals surface area contributed by atoms with Gasteiger partial charge in [0.2, 0.25) is 5.95 Å². The third kappa shape index (κ3) is 3.65. The highest BCUT2D eigenvalue weighted by molar-refractivity contribution is 5.74. The summed E-state index contributed by atoms with van der Waals surface area (Å²) in [6.07, 6.45) is 0.740. The third-order valence-electron chi connectivity index (χ3n) is 5.67. The Morgan fingerprint density at radius 2 is 1.86 bits per heavy atom. The van der Waals surface area contributed by atoms with Crippen LogP contribution < -0.4 is 25.8 Å². The summed E-state index contributed by atoms with van der Waals surface area (Å²) in [5.74, 6) is 1.57. The van der Waals surface area contributed by atoms with E-state index in [0.717, 1.165) is 49.9 Å². The van der Waals surface area contributed by atoms with Crippen molar-refractivity contribution in [2.45, 2.75) is 13.0 Å². The van der Waals surface area contributed by atoms with E-state index in [1.165, 1.54) is 9.47 Å². The van der Waals surface area contributed by atoms with Crippen LogP contribution in [0.15, 0.2) is 33.9 Å². The van der Waals surface area contributed by atoms with E-state index < -0.39 is 11.2 Å². The number of piperazine rings is 1. The predicted octanol–water partition coefficient (Wildman–Crippen LogP) is -0.991. The minimum Gasteiger partial charge on any atom is -0.497 e. The Bertz CT molecular complexity index is 1120. The fourth-order valence-corrected chi connectivity index (χ4v) is 3.80. The van der Waals surface area contributed by atoms with Crippen molar-refractivity contribution in [1.82, 2.24) is 19.1 Å². The first-order valence-electron chi connectivity index (χ1n) is 9.86. The summed E-state index contributed by atoms with van der Waals surface area (Å²) in [4.78, 5) is 35.5. The van der Waals surface area contributed by atoms with Crippen molar-refractivity contribution in [2.75, 3.05) is 45.2 Å². The number of ether oxygens (including phenoxy) is 1. The number of H-pyrrole nitrogens is 1. The zero-order valence-electron chi connectivity index (χ0n) is 17.1. The zero-order chi connectivity index (χ0) is 20.5. The molecular weight excluding hydrogens is 372 g/mol. The van der Waals surface area contributed by atoms with Crippen LogP contribution in [0.25, 0.3) is 11.2 Å². The van der Waals surface area contributed by atoms with E-state index in [0.29, 0.717) is 17.7 Å². The lowest BCUT2D eigenvalue weighted by Gasteiger charge is -2.31. The Morgan fingerprint density at radius 3 is 2.52 bits per heavy atom. The number of imidazole rings is 1. The second-order valence-electron chi connectivity index (χ2n) is 7.60. The molecule has 0 bridgehead atoms. The van der Waals surface area contributed by atoms with Gasteiger partial charge in [0.15, 0.2) is 11.2 Å². The van der Waals surface area contributed by atoms with Crippen LogP contribution >= 0.6 is 0 Å². The van der Waals surface area contributed by atoms with Gasteiger partial charge in [0, 0.05) is 13.6 Å². The van der Waals surface area contributed by atoms with E-state index in [9.17, 15) is 9.59 Å². The third-order valence-corrected chi connectivity index (χ3v) is 5.67. The SMILES string of the molecule is COc1ccc(CCn2c(N3CC[NH+](C)CC3)nc3c2c(=O)[nH]c(=O)n3C)cc1. The second-order valence-corrected chi connectivity index (χ2v) is 7.60. The van der Waals surface area contributed by atoms with Gasteiger partial charge in [-0.3, -0.25) is 14.3 Å². The number of fused-ring (bicyclic) bond motifs is 1. The number of quaternary nitrogens is 1. The van der Waals surface area contributed by atoms with Crippen LogP contribution in [-0.2, 0) is 20.0 Å². The monoisotopic (exact) mass is 399 g/mol. The molecule has 2 aromatic heterocycles. The summed E-state index contributed by atoms with van der Waals surface area (Å²) in [5.41, 5.74) is 1.17. The van der Waals surface area contributed by atoms with Gasteiger partial charge in [0.1, 0.15) is 5.75 Å². The highest BCUT2D eigenvalue weighted by Gasteiger charge is 2.25. The average molecular weight is 399 g/mol. The van der Waals surface area contributed by atoms with Gasteiger partial charge in [-0.2, -0.15) is 4.98 Å². The Kier molecular flexibility index (Phi) is 5.14. The van der Waals surface area contributed by atoms with Crippen LogP contribution in [0.1, 0.15) is 5.56 Å². The number of rotatable bonds is 5. The van der Waals surface area contributed by atoms with Crippen molar-refractivity contribution >= 4 is 17.1 Å². The molecule has 0 radical (unpaired) electrons. The first kappa shape index (κ1) is 19.3. The lowest BCUT2D eigenvalue weighted by atomic mass is 10.1. The molecule has 9 heteroatoms. The van der Waals surface area contributed by atoms with Crippen LogP contribution in [-0.4, -0.2) is 59.4 Å². The lowest BCUT2D eigenvalue weighted by Crippen LogP contribution is -3.12. The smallest absolute Gasteiger partial charge is 0.329 e. The normalized spacial score (nSPS) is 15.2. The number of hydrogen-bond acceptors (Lipinski definition) is 5. The van der Waals surface area contributed by atoms with Crippen LogP contribution in [0.2, 0.25) is 0 Å². The number of anilines is 1. The molecule has 3 heterocycles. The molecule has 1 aromatic carbocycles. The molecule has 1 fully saturated rings. The first-order valence-corrected chi connectivity index (χ1v) is 9.86. The van der Waals surface area contributed by atoms with E-state index in [2.05, 4.69) is 16.9 Å². The van der Waals surface area contributed by atoms with Crippen molar-refractivity contribution in [3.05, 3.63) is 50.7 Å². The number of nitrogens with zero attached hydrogens (tertiary/aromatic N) is 4. The topological polar surface area (TPSA) is 89.6 Å². The van der Waals surface area contributed by atoms with Crippen LogP contribution in [0, 0.1) is 0 Å². The Morgan fingerprint density at radius 1 is 1.17 bits per heavy atom. The molecule has 9 nitrogen and oxygen atoms in total. The number of likely N-dealkylation sites (N-methyl/N-ethyl adjacent to an activating group) is 1. The fourth-order valence-electron chi connectivity index (χ4n) is 3.80. The van der Waals surface area contributed by atoms with Crippen molar-refractivity contribution in [2.24, 2.45) is 7.05 Å². The average Bonchev–Trinajstić information content (AvgIpc) is 3.11. The van der Waals surface area contributed by atoms with Crippen molar-refractivity contribution in [1.29, 1.82) is 0 Å². The summed E-state index contributed by atoms with van der Waals surface area (Å²) in [6, 6.07) is 7.91. The first-order chi connectivity index (χ1) is 14.0. The second kappa shape index (κ2) is 7.75. The lowest BCUT2D eigenvalue weighted by molar-refractivity contribution is -0.880. The number of aryl methyl sites for hydroxylation is 3. The maximum atomic E-state index is 12.6. The largest absolute Gasteiger partial charge is 0.497 e. The Balaban J connectivity index is 1.74. The Hall–Kier alpha value is -3.07. The standard InChI is InChI=1S/C20H26N6O3/c1-23-10-12-25(13-11-23)19-21-17-16(18(27)22-20(28)24(17)2)26(19)9-8-14-4-6-15(29-3)7-5-14/h4-7H,8-13H2,1-3H3,(H,22,27,28)/p+1. The molecule has 3 aromatic rings. The molecule has 29 heavy (non-hydrogen) atoms. The van der Waals surface area contributed by atoms with Gasteiger partial charge in [-0.1, -0.05) is 12.1 Å². The molecule has 0 spiro atoms. The maximum Gasteiger partial charge on any atom is 0.329 e. The molecule has 0 saturated carbocycles. The summed E-state index contributed by atoms with van der Waals surface area (Å²) in [5, 5.41) is 0. The fraction of sp³-hybridized carbons (Fsp3) is 0.450. The van der Waals surface area contributed by atoms with Gasteiger partial charge in [-0.05, 0) is 24.1 Å². The summed E-state index contributed by atoms with van der Waals surface area (Å²) in [7, 11) is 5.46. The molecule has 0 unspecified atom stereocenters. The molecule has 1 saturated heterocycles. The van der Waals surface area contributed by atoms with Gasteiger partial charge < -0.3 is 19.1 Å². The van der Waals surface area contributed by atoms with Gasteiger partial charge in [-0.15, -0.1) is 0 Å². The predicted molar refractivity (Wildman–Crippen MR) is 111 cm³/mol. The molecular formula is C20H27N6O3+. The molecule has 2 N–H and O–H groups in total. The van der Waals surface area contributed by atoms with Crippen molar-refractivity contribution in [3.8, 4) is 5.75 Å². The van der Waals surface area contributed by atoms with Gasteiger partial charge >= 0.3 is 5.69 Å². The molecule has 0 amide bonds. The molecule has 1 aliphatic heterocycles. The minimum atomic E-state index is -0.448. The van der Waals surface area contributed by atoms with E-state index >= 15 is 0 Å². The van der Waals surface area contributed by atoms with E-state index in [-0.39, 0.29) is 0 Å². The van der Waals surface area contributed by atoms with Crippen molar-refractivity contribution in [3.63, 3.8) is 0 Å². The summed E-state index contributed by atoms with van der Waals surface area (Å²) in [6.45, 7) is 4.35. The van der Waals surface area contributed by atoms with Gasteiger partial charge in [-0.25, -0.2) is 4.79 Å². The Labute approximate surface area is 168 Å². The van der Waals surface area contributed by atoms with Gasteiger partial charge in [0.05, 0.1) is 40.3 Å². The van der Waals surface area contributed by atoms with Crippen LogP contribution in [0.4, 0.5) is 5.95 Å². The molecule has 154 valence electrons. The zero-order valence-corrected chi connectivity index (χ0v) is 17.1. The van der Waals surface area contributed by atoms with E-state index in [4.69, 9.17) is 9.72 Å².